The molecule has 0 radical (unpaired) electrons. The molecule has 11 heteroatoms. The number of benzene rings is 2. The van der Waals surface area contributed by atoms with Crippen LogP contribution in [-0.4, -0.2) is 91.3 Å². The maximum atomic E-state index is 13.5. The van der Waals surface area contributed by atoms with Crippen molar-refractivity contribution in [3.63, 3.8) is 0 Å². The van der Waals surface area contributed by atoms with E-state index in [1.807, 2.05) is 17.9 Å². The van der Waals surface area contributed by atoms with Gasteiger partial charge in [0.15, 0.2) is 5.78 Å². The molecule has 2 aliphatic heterocycles. The molecule has 2 aromatic rings. The minimum Gasteiger partial charge on any atom is -0.508 e. The first kappa shape index (κ1) is 28.0. The largest absolute Gasteiger partial charge is 0.508 e. The predicted molar refractivity (Wildman–Crippen MR) is 139 cm³/mol. The number of ketones is 1. The molecule has 0 aromatic heterocycles. The standard InChI is InChI=1S/C27H33N3O7S/c1-2-36-13-12-30(38(34,35)26-7-4-3-6-20(26)16-28)18-22(32)17-29-11-5-10-27(19-29)15-24(33)23-14-21(31)8-9-25(23)37-27/h3-4,6-9,14,22,31-32H,2,5,10-13,15,17-19H2,1H3/t22-,27?/m0/s1. The number of phenols is 1. The number of β-amino-alcohol motifs (C(OH)–C–C–N with tert-alkyl or cyclic N) is 1. The van der Waals surface area contributed by atoms with Gasteiger partial charge in [-0.1, -0.05) is 12.1 Å². The van der Waals surface area contributed by atoms with E-state index in [-0.39, 0.29) is 54.7 Å². The minimum atomic E-state index is -4.07. The topological polar surface area (TPSA) is 140 Å². The summed E-state index contributed by atoms with van der Waals surface area (Å²) in [7, 11) is -4.07. The number of sulfonamides is 1. The van der Waals surface area contributed by atoms with Crippen LogP contribution in [0.3, 0.4) is 0 Å². The Labute approximate surface area is 223 Å². The zero-order valence-electron chi connectivity index (χ0n) is 21.4. The van der Waals surface area contributed by atoms with Gasteiger partial charge < -0.3 is 19.7 Å². The van der Waals surface area contributed by atoms with Gasteiger partial charge in [-0.2, -0.15) is 9.57 Å². The Balaban J connectivity index is 1.47. The summed E-state index contributed by atoms with van der Waals surface area (Å²) in [4.78, 5) is 14.7. The van der Waals surface area contributed by atoms with Crippen LogP contribution in [0.1, 0.15) is 42.1 Å². The van der Waals surface area contributed by atoms with Gasteiger partial charge in [-0.3, -0.25) is 9.69 Å². The van der Waals surface area contributed by atoms with Crippen molar-refractivity contribution >= 4 is 15.8 Å². The molecular formula is C27H33N3O7S. The lowest BCUT2D eigenvalue weighted by atomic mass is 9.83. The van der Waals surface area contributed by atoms with Gasteiger partial charge in [-0.15, -0.1) is 0 Å². The van der Waals surface area contributed by atoms with Crippen LogP contribution in [-0.2, 0) is 14.8 Å². The average molecular weight is 544 g/mol. The maximum Gasteiger partial charge on any atom is 0.244 e. The van der Waals surface area contributed by atoms with E-state index in [1.165, 1.54) is 24.3 Å². The van der Waals surface area contributed by atoms with Crippen LogP contribution in [0.5, 0.6) is 11.5 Å². The van der Waals surface area contributed by atoms with Crippen LogP contribution >= 0.6 is 0 Å². The van der Waals surface area contributed by atoms with E-state index in [9.17, 15) is 28.7 Å². The number of hydrogen-bond donors (Lipinski definition) is 2. The molecule has 2 aromatic carbocycles. The van der Waals surface area contributed by atoms with Gasteiger partial charge >= 0.3 is 0 Å². The highest BCUT2D eigenvalue weighted by Gasteiger charge is 2.44. The lowest BCUT2D eigenvalue weighted by Gasteiger charge is -2.45. The molecule has 4 rings (SSSR count). The number of nitrogens with zero attached hydrogens (tertiary/aromatic N) is 3. The molecule has 1 unspecified atom stereocenters. The van der Waals surface area contributed by atoms with Gasteiger partial charge in [0, 0.05) is 32.8 Å². The van der Waals surface area contributed by atoms with Crippen molar-refractivity contribution < 1.29 is 32.9 Å². The maximum absolute atomic E-state index is 13.5. The SMILES string of the molecule is CCOCCN(C[C@@H](O)CN1CCCC2(CC(=O)c3cc(O)ccc3O2)C1)S(=O)(=O)c1ccccc1C#N. The fourth-order valence-corrected chi connectivity index (χ4v) is 6.79. The van der Waals surface area contributed by atoms with Crippen LogP contribution < -0.4 is 4.74 Å². The van der Waals surface area contributed by atoms with Crippen molar-refractivity contribution in [2.45, 2.75) is 42.8 Å². The van der Waals surface area contributed by atoms with E-state index < -0.39 is 21.7 Å². The molecule has 0 aliphatic carbocycles. The third-order valence-electron chi connectivity index (χ3n) is 6.89. The summed E-state index contributed by atoms with van der Waals surface area (Å²) < 4.78 is 39.8. The summed E-state index contributed by atoms with van der Waals surface area (Å²) in [5.74, 6) is 0.339. The van der Waals surface area contributed by atoms with E-state index in [2.05, 4.69) is 0 Å². The number of phenolic OH excluding ortho intramolecular Hbond substituents is 1. The molecule has 2 N–H and O–H groups in total. The number of aliphatic hydroxyl groups excluding tert-OH is 1. The highest BCUT2D eigenvalue weighted by Crippen LogP contribution is 2.39. The number of likely N-dealkylation sites (tertiary alicyclic amines) is 1. The normalized spacial score (nSPS) is 20.6. The fourth-order valence-electron chi connectivity index (χ4n) is 5.19. The quantitative estimate of drug-likeness (QED) is 0.431. The van der Waals surface area contributed by atoms with Crippen LogP contribution in [0.15, 0.2) is 47.4 Å². The minimum absolute atomic E-state index is 0.00581. The number of aliphatic hydroxyl groups is 1. The summed E-state index contributed by atoms with van der Waals surface area (Å²) >= 11 is 0. The Kier molecular flexibility index (Phi) is 8.70. The highest BCUT2D eigenvalue weighted by molar-refractivity contribution is 7.89. The van der Waals surface area contributed by atoms with Gasteiger partial charge in [0.1, 0.15) is 23.2 Å². The second-order valence-corrected chi connectivity index (χ2v) is 11.6. The molecule has 2 heterocycles. The van der Waals surface area contributed by atoms with Crippen molar-refractivity contribution in [2.24, 2.45) is 0 Å². The molecule has 0 saturated carbocycles. The van der Waals surface area contributed by atoms with Crippen molar-refractivity contribution in [1.82, 2.24) is 9.21 Å². The van der Waals surface area contributed by atoms with Gasteiger partial charge in [0.2, 0.25) is 10.0 Å². The monoisotopic (exact) mass is 543 g/mol. The van der Waals surface area contributed by atoms with Gasteiger partial charge in [0.05, 0.1) is 35.2 Å². The average Bonchev–Trinajstić information content (AvgIpc) is 2.88. The lowest BCUT2D eigenvalue weighted by molar-refractivity contribution is -0.0305. The number of ether oxygens (including phenoxy) is 2. The Bertz CT molecular complexity index is 1310. The zero-order valence-corrected chi connectivity index (χ0v) is 22.2. The number of carbonyl (C=O) groups is 1. The van der Waals surface area contributed by atoms with E-state index in [4.69, 9.17) is 9.47 Å². The van der Waals surface area contributed by atoms with Crippen LogP contribution in [0.2, 0.25) is 0 Å². The second kappa shape index (κ2) is 11.8. The van der Waals surface area contributed by atoms with E-state index in [0.717, 1.165) is 10.7 Å². The zero-order chi connectivity index (χ0) is 27.3. The predicted octanol–water partition coefficient (Wildman–Crippen LogP) is 2.15. The van der Waals surface area contributed by atoms with Crippen LogP contribution in [0, 0.1) is 11.3 Å². The summed E-state index contributed by atoms with van der Waals surface area (Å²) in [6.07, 6.45) is 0.552. The van der Waals surface area contributed by atoms with Crippen LogP contribution in [0.25, 0.3) is 0 Å². The number of nitriles is 1. The smallest absolute Gasteiger partial charge is 0.244 e. The highest BCUT2D eigenvalue weighted by atomic mass is 32.2. The Hall–Kier alpha value is -3.01. The summed E-state index contributed by atoms with van der Waals surface area (Å²) in [5, 5.41) is 30.2. The molecule has 1 saturated heterocycles. The molecule has 1 spiro atoms. The van der Waals surface area contributed by atoms with Crippen molar-refractivity contribution in [1.29, 1.82) is 5.26 Å². The molecule has 1 fully saturated rings. The third-order valence-corrected chi connectivity index (χ3v) is 8.81. The number of hydrogen-bond acceptors (Lipinski definition) is 9. The van der Waals surface area contributed by atoms with Gasteiger partial charge in [-0.25, -0.2) is 8.42 Å². The molecular weight excluding hydrogens is 510 g/mol. The number of carbonyl (C=O) groups excluding carboxylic acids is 1. The number of Topliss-reactive ketones (excluding diaryl/α,β-unsaturated/α-hetero) is 1. The number of aromatic hydroxyl groups is 1. The Morgan fingerprint density at radius 1 is 1.29 bits per heavy atom. The van der Waals surface area contributed by atoms with E-state index in [0.29, 0.717) is 37.4 Å². The molecule has 2 atom stereocenters. The molecule has 0 amide bonds. The molecule has 204 valence electrons. The van der Waals surface area contributed by atoms with Gasteiger partial charge in [0.25, 0.3) is 0 Å². The second-order valence-electron chi connectivity index (χ2n) is 9.73. The molecule has 38 heavy (non-hydrogen) atoms. The molecule has 0 bridgehead atoms. The summed E-state index contributed by atoms with van der Waals surface area (Å²) in [6.45, 7) is 3.48. The Morgan fingerprint density at radius 2 is 2.08 bits per heavy atom. The van der Waals surface area contributed by atoms with Crippen molar-refractivity contribution in [2.75, 3.05) is 45.9 Å². The molecule has 2 aliphatic rings. The molecule has 10 nitrogen and oxygen atoms in total. The first-order chi connectivity index (χ1) is 18.2. The first-order valence-electron chi connectivity index (χ1n) is 12.7. The number of rotatable bonds is 10. The number of piperidine rings is 1. The fraction of sp³-hybridized carbons (Fsp3) is 0.481. The third kappa shape index (κ3) is 6.17. The number of fused-ring (bicyclic) bond motifs is 1. The van der Waals surface area contributed by atoms with Gasteiger partial charge in [-0.05, 0) is 56.6 Å². The van der Waals surface area contributed by atoms with E-state index in [1.54, 1.807) is 18.2 Å². The van der Waals surface area contributed by atoms with Crippen molar-refractivity contribution in [3.05, 3.63) is 53.6 Å². The Morgan fingerprint density at radius 3 is 2.84 bits per heavy atom. The van der Waals surface area contributed by atoms with E-state index >= 15 is 0 Å². The summed E-state index contributed by atoms with van der Waals surface area (Å²) in [5.41, 5.74) is -0.347. The first-order valence-corrected chi connectivity index (χ1v) is 14.1. The lowest BCUT2D eigenvalue weighted by Crippen LogP contribution is -2.56. The summed E-state index contributed by atoms with van der Waals surface area (Å²) in [6, 6.07) is 12.4. The van der Waals surface area contributed by atoms with Crippen molar-refractivity contribution in [3.8, 4) is 17.6 Å². The van der Waals surface area contributed by atoms with Crippen LogP contribution in [0.4, 0.5) is 0 Å².